The number of nitro groups is 1. The van der Waals surface area contributed by atoms with Gasteiger partial charge in [-0.1, -0.05) is 12.1 Å². The van der Waals surface area contributed by atoms with Gasteiger partial charge in [0.1, 0.15) is 0 Å². The fourth-order valence-corrected chi connectivity index (χ4v) is 2.48. The first-order chi connectivity index (χ1) is 12.5. The summed E-state index contributed by atoms with van der Waals surface area (Å²) in [7, 11) is 3.04. The maximum Gasteiger partial charge on any atom is 0.270 e. The van der Waals surface area contributed by atoms with Crippen LogP contribution in [0.3, 0.4) is 0 Å². The van der Waals surface area contributed by atoms with Crippen molar-refractivity contribution in [1.29, 1.82) is 0 Å². The van der Waals surface area contributed by atoms with Crippen molar-refractivity contribution in [2.24, 2.45) is 0 Å². The molecule has 136 valence electrons. The predicted molar refractivity (Wildman–Crippen MR) is 98.5 cm³/mol. The van der Waals surface area contributed by atoms with E-state index in [1.54, 1.807) is 19.2 Å². The van der Waals surface area contributed by atoms with Gasteiger partial charge in [0.2, 0.25) is 0 Å². The van der Waals surface area contributed by atoms with Crippen LogP contribution in [0.4, 0.5) is 11.4 Å². The molecule has 0 unspecified atom stereocenters. The zero-order valence-corrected chi connectivity index (χ0v) is 14.5. The molecule has 3 N–H and O–H groups in total. The molecule has 2 aromatic carbocycles. The lowest BCUT2D eigenvalue weighted by molar-refractivity contribution is -0.384. The Morgan fingerprint density at radius 1 is 1.04 bits per heavy atom. The molecule has 0 aliphatic carbocycles. The Hall–Kier alpha value is -3.42. The summed E-state index contributed by atoms with van der Waals surface area (Å²) in [5.74, 6) is -0.560. The fourth-order valence-electron chi connectivity index (χ4n) is 2.48. The van der Waals surface area contributed by atoms with Gasteiger partial charge in [-0.05, 0) is 30.2 Å². The summed E-state index contributed by atoms with van der Waals surface area (Å²) >= 11 is 0. The van der Waals surface area contributed by atoms with Crippen molar-refractivity contribution in [2.75, 3.05) is 26.0 Å². The summed E-state index contributed by atoms with van der Waals surface area (Å²) in [6, 6.07) is 11.4. The van der Waals surface area contributed by atoms with Gasteiger partial charge in [-0.2, -0.15) is 0 Å². The van der Waals surface area contributed by atoms with E-state index in [1.165, 1.54) is 25.2 Å². The van der Waals surface area contributed by atoms with E-state index in [-0.39, 0.29) is 17.2 Å². The third-order valence-electron chi connectivity index (χ3n) is 3.83. The number of hydrogen-bond donors (Lipinski definition) is 3. The number of benzene rings is 2. The molecule has 0 saturated carbocycles. The van der Waals surface area contributed by atoms with Crippen LogP contribution in [0.2, 0.25) is 0 Å². The van der Waals surface area contributed by atoms with Gasteiger partial charge in [0.25, 0.3) is 17.5 Å². The van der Waals surface area contributed by atoms with Crippen LogP contribution in [0.15, 0.2) is 42.5 Å². The molecular formula is C18H20N4O4. The van der Waals surface area contributed by atoms with Crippen LogP contribution in [0.5, 0.6) is 0 Å². The molecule has 0 atom stereocenters. The molecule has 8 heteroatoms. The summed E-state index contributed by atoms with van der Waals surface area (Å²) in [4.78, 5) is 34.0. The maximum absolute atomic E-state index is 12.0. The van der Waals surface area contributed by atoms with Crippen molar-refractivity contribution in [3.05, 3.63) is 69.3 Å². The number of anilines is 1. The first-order valence-corrected chi connectivity index (χ1v) is 8.01. The molecule has 0 spiro atoms. The first-order valence-electron chi connectivity index (χ1n) is 8.01. The molecule has 0 aliphatic heterocycles. The number of carbonyl (C=O) groups is 2. The number of non-ortho nitro benzene ring substituents is 1. The first kappa shape index (κ1) is 18.9. The second-order valence-electron chi connectivity index (χ2n) is 5.52. The molecule has 2 rings (SSSR count). The molecule has 0 bridgehead atoms. The van der Waals surface area contributed by atoms with E-state index < -0.39 is 10.8 Å². The Morgan fingerprint density at radius 2 is 1.77 bits per heavy atom. The Labute approximate surface area is 150 Å². The molecular weight excluding hydrogens is 336 g/mol. The highest BCUT2D eigenvalue weighted by atomic mass is 16.6. The summed E-state index contributed by atoms with van der Waals surface area (Å²) in [5.41, 5.74) is 2.11. The number of nitro benzene ring substituents is 1. The lowest BCUT2D eigenvalue weighted by atomic mass is 10.1. The van der Waals surface area contributed by atoms with Crippen molar-refractivity contribution in [2.45, 2.75) is 6.42 Å². The Kier molecular flexibility index (Phi) is 6.26. The zero-order valence-electron chi connectivity index (χ0n) is 14.5. The molecule has 0 fully saturated rings. The van der Waals surface area contributed by atoms with Gasteiger partial charge >= 0.3 is 0 Å². The van der Waals surface area contributed by atoms with Crippen LogP contribution in [0.1, 0.15) is 26.3 Å². The second-order valence-corrected chi connectivity index (χ2v) is 5.52. The number of amides is 2. The minimum atomic E-state index is -0.541. The van der Waals surface area contributed by atoms with E-state index in [2.05, 4.69) is 16.0 Å². The summed E-state index contributed by atoms with van der Waals surface area (Å²) in [5, 5.41) is 19.1. The van der Waals surface area contributed by atoms with Gasteiger partial charge in [0.05, 0.1) is 10.5 Å². The number of nitrogens with one attached hydrogen (secondary N) is 3. The van der Waals surface area contributed by atoms with Crippen LogP contribution in [0.25, 0.3) is 0 Å². The van der Waals surface area contributed by atoms with Crippen LogP contribution in [-0.4, -0.2) is 37.4 Å². The van der Waals surface area contributed by atoms with Gasteiger partial charge < -0.3 is 16.0 Å². The van der Waals surface area contributed by atoms with E-state index in [4.69, 9.17) is 0 Å². The standard InChI is InChI=1S/C18H20N4O4/c1-19-17(23)13-5-3-4-12(10-13)8-9-21-16-7-6-14(22(25)26)11-15(16)18(24)20-2/h3-7,10-11,21H,8-9H2,1-2H3,(H,19,23)(H,20,24). The molecule has 0 saturated heterocycles. The lowest BCUT2D eigenvalue weighted by Gasteiger charge is -2.11. The van der Waals surface area contributed by atoms with Crippen molar-refractivity contribution in [3.8, 4) is 0 Å². The van der Waals surface area contributed by atoms with Crippen molar-refractivity contribution >= 4 is 23.2 Å². The quantitative estimate of drug-likeness (QED) is 0.518. The number of rotatable bonds is 7. The van der Waals surface area contributed by atoms with Crippen molar-refractivity contribution < 1.29 is 14.5 Å². The van der Waals surface area contributed by atoms with Crippen molar-refractivity contribution in [3.63, 3.8) is 0 Å². The molecule has 2 amide bonds. The molecule has 0 aliphatic rings. The Morgan fingerprint density at radius 3 is 2.42 bits per heavy atom. The number of carbonyl (C=O) groups excluding carboxylic acids is 2. The summed E-state index contributed by atoms with van der Waals surface area (Å²) < 4.78 is 0. The zero-order chi connectivity index (χ0) is 19.1. The van der Waals surface area contributed by atoms with E-state index in [0.717, 1.165) is 5.56 Å². The van der Waals surface area contributed by atoms with E-state index in [9.17, 15) is 19.7 Å². The summed E-state index contributed by atoms with van der Waals surface area (Å²) in [6.45, 7) is 0.499. The Balaban J connectivity index is 2.11. The van der Waals surface area contributed by atoms with Crippen LogP contribution >= 0.6 is 0 Å². The number of nitrogens with zero attached hydrogens (tertiary/aromatic N) is 1. The largest absolute Gasteiger partial charge is 0.384 e. The van der Waals surface area contributed by atoms with E-state index in [0.29, 0.717) is 24.2 Å². The molecule has 0 aromatic heterocycles. The highest BCUT2D eigenvalue weighted by Crippen LogP contribution is 2.22. The summed E-state index contributed by atoms with van der Waals surface area (Å²) in [6.07, 6.45) is 0.620. The van der Waals surface area contributed by atoms with Crippen LogP contribution in [-0.2, 0) is 6.42 Å². The topological polar surface area (TPSA) is 113 Å². The highest BCUT2D eigenvalue weighted by molar-refractivity contribution is 6.00. The molecule has 2 aromatic rings. The maximum atomic E-state index is 12.0. The number of hydrogen-bond acceptors (Lipinski definition) is 5. The van der Waals surface area contributed by atoms with Crippen LogP contribution < -0.4 is 16.0 Å². The third-order valence-corrected chi connectivity index (χ3v) is 3.83. The van der Waals surface area contributed by atoms with Gasteiger partial charge in [-0.3, -0.25) is 19.7 Å². The average molecular weight is 356 g/mol. The Bertz CT molecular complexity index is 836. The second kappa shape index (κ2) is 8.61. The van der Waals surface area contributed by atoms with Gasteiger partial charge in [0.15, 0.2) is 0 Å². The molecule has 0 radical (unpaired) electrons. The fraction of sp³-hybridized carbons (Fsp3) is 0.222. The minimum absolute atomic E-state index is 0.146. The van der Waals surface area contributed by atoms with Gasteiger partial charge in [0, 0.05) is 44.0 Å². The molecule has 26 heavy (non-hydrogen) atoms. The van der Waals surface area contributed by atoms with E-state index >= 15 is 0 Å². The van der Waals surface area contributed by atoms with Crippen molar-refractivity contribution in [1.82, 2.24) is 10.6 Å². The lowest BCUT2D eigenvalue weighted by Crippen LogP contribution is -2.20. The SMILES string of the molecule is CNC(=O)c1cccc(CCNc2ccc([N+](=O)[O-])cc2C(=O)NC)c1. The smallest absolute Gasteiger partial charge is 0.270 e. The average Bonchev–Trinajstić information content (AvgIpc) is 2.67. The normalized spacial score (nSPS) is 10.1. The van der Waals surface area contributed by atoms with Gasteiger partial charge in [-0.15, -0.1) is 0 Å². The van der Waals surface area contributed by atoms with Gasteiger partial charge in [-0.25, -0.2) is 0 Å². The monoisotopic (exact) mass is 356 g/mol. The highest BCUT2D eigenvalue weighted by Gasteiger charge is 2.15. The predicted octanol–water partition coefficient (Wildman–Crippen LogP) is 1.97. The molecule has 8 nitrogen and oxygen atoms in total. The minimum Gasteiger partial charge on any atom is -0.384 e. The molecule has 0 heterocycles. The van der Waals surface area contributed by atoms with Crippen LogP contribution in [0, 0.1) is 10.1 Å². The third kappa shape index (κ3) is 4.56. The van der Waals surface area contributed by atoms with E-state index in [1.807, 2.05) is 12.1 Å².